The zero-order chi connectivity index (χ0) is 12.8. The van der Waals surface area contributed by atoms with Gasteiger partial charge in [0.05, 0.1) is 11.6 Å². The molecule has 0 aliphatic carbocycles. The number of thiazole rings is 1. The molecule has 92 valence electrons. The van der Waals surface area contributed by atoms with Crippen LogP contribution in [-0.2, 0) is 19.5 Å². The Bertz CT molecular complexity index is 554. The molecule has 0 unspecified atom stereocenters. The van der Waals surface area contributed by atoms with Crippen LogP contribution in [0.5, 0.6) is 0 Å². The van der Waals surface area contributed by atoms with E-state index in [1.54, 1.807) is 11.3 Å². The second-order valence-corrected chi connectivity index (χ2v) is 5.15. The lowest BCUT2D eigenvalue weighted by molar-refractivity contribution is 0.689. The van der Waals surface area contributed by atoms with Gasteiger partial charge in [-0.15, -0.1) is 11.3 Å². The maximum Gasteiger partial charge on any atom is 0.107 e. The first-order chi connectivity index (χ1) is 8.83. The number of rotatable bonds is 5. The van der Waals surface area contributed by atoms with Crippen molar-refractivity contribution in [1.82, 2.24) is 10.3 Å². The number of nitrogens with one attached hydrogen (secondary N) is 1. The molecule has 0 fully saturated rings. The van der Waals surface area contributed by atoms with Crippen LogP contribution in [0.4, 0.5) is 0 Å². The van der Waals surface area contributed by atoms with Crippen molar-refractivity contribution < 1.29 is 0 Å². The van der Waals surface area contributed by atoms with Gasteiger partial charge < -0.3 is 5.32 Å². The summed E-state index contributed by atoms with van der Waals surface area (Å²) in [6.07, 6.45) is 2.97. The molecule has 0 radical (unpaired) electrons. The first kappa shape index (κ1) is 12.7. The Morgan fingerprint density at radius 3 is 2.89 bits per heavy atom. The van der Waals surface area contributed by atoms with Crippen molar-refractivity contribution in [1.29, 1.82) is 5.26 Å². The Balaban J connectivity index is 1.90. The van der Waals surface area contributed by atoms with Gasteiger partial charge in [-0.25, -0.2) is 4.98 Å². The third-order valence-corrected chi connectivity index (χ3v) is 3.82. The third-order valence-electron chi connectivity index (χ3n) is 2.68. The summed E-state index contributed by atoms with van der Waals surface area (Å²) in [5, 5.41) is 13.4. The molecule has 0 saturated heterocycles. The van der Waals surface area contributed by atoms with Gasteiger partial charge in [0.25, 0.3) is 0 Å². The fraction of sp³-hybridized carbons (Fsp3) is 0.286. The Kier molecular flexibility index (Phi) is 4.46. The molecular weight excluding hydrogens is 242 g/mol. The number of aromatic nitrogens is 1. The van der Waals surface area contributed by atoms with E-state index in [0.717, 1.165) is 29.1 Å². The van der Waals surface area contributed by atoms with Crippen molar-refractivity contribution in [3.05, 3.63) is 51.5 Å². The second kappa shape index (κ2) is 6.29. The average molecular weight is 257 g/mol. The van der Waals surface area contributed by atoms with E-state index in [1.165, 1.54) is 4.88 Å². The predicted molar refractivity (Wildman–Crippen MR) is 73.2 cm³/mol. The van der Waals surface area contributed by atoms with Gasteiger partial charge in [-0.3, -0.25) is 0 Å². The molecule has 0 bridgehead atoms. The second-order valence-electron chi connectivity index (χ2n) is 3.95. The minimum Gasteiger partial charge on any atom is -0.306 e. The van der Waals surface area contributed by atoms with Crippen LogP contribution in [0.15, 0.2) is 30.5 Å². The summed E-state index contributed by atoms with van der Waals surface area (Å²) in [6.45, 7) is 3.59. The molecule has 0 aliphatic heterocycles. The summed E-state index contributed by atoms with van der Waals surface area (Å²) in [7, 11) is 0. The largest absolute Gasteiger partial charge is 0.306 e. The van der Waals surface area contributed by atoms with Crippen LogP contribution >= 0.6 is 11.3 Å². The van der Waals surface area contributed by atoms with E-state index in [-0.39, 0.29) is 0 Å². The number of hydrogen-bond donors (Lipinski definition) is 1. The van der Waals surface area contributed by atoms with E-state index in [2.05, 4.69) is 23.3 Å². The molecule has 1 aromatic carbocycles. The summed E-state index contributed by atoms with van der Waals surface area (Å²) in [4.78, 5) is 5.66. The molecule has 4 heteroatoms. The van der Waals surface area contributed by atoms with Crippen molar-refractivity contribution in [3.8, 4) is 6.07 Å². The summed E-state index contributed by atoms with van der Waals surface area (Å²) in [6, 6.07) is 9.86. The Morgan fingerprint density at radius 2 is 2.17 bits per heavy atom. The van der Waals surface area contributed by atoms with Gasteiger partial charge in [-0.05, 0) is 18.1 Å². The van der Waals surface area contributed by atoms with Crippen molar-refractivity contribution in [2.24, 2.45) is 0 Å². The molecule has 0 saturated carbocycles. The van der Waals surface area contributed by atoms with Crippen molar-refractivity contribution in [3.63, 3.8) is 0 Å². The van der Waals surface area contributed by atoms with Gasteiger partial charge in [0.15, 0.2) is 0 Å². The number of hydrogen-bond acceptors (Lipinski definition) is 4. The summed E-state index contributed by atoms with van der Waals surface area (Å²) >= 11 is 1.74. The topological polar surface area (TPSA) is 48.7 Å². The summed E-state index contributed by atoms with van der Waals surface area (Å²) in [5.74, 6) is 0. The van der Waals surface area contributed by atoms with E-state index in [4.69, 9.17) is 5.26 Å². The normalized spacial score (nSPS) is 10.2. The number of nitriles is 1. The molecule has 1 aromatic heterocycles. The molecule has 3 nitrogen and oxygen atoms in total. The maximum absolute atomic E-state index is 8.98. The molecular formula is C14H15N3S. The molecule has 2 rings (SSSR count). The van der Waals surface area contributed by atoms with E-state index < -0.39 is 0 Å². The van der Waals surface area contributed by atoms with Crippen LogP contribution < -0.4 is 5.32 Å². The van der Waals surface area contributed by atoms with E-state index >= 15 is 0 Å². The van der Waals surface area contributed by atoms with Crippen LogP contribution in [-0.4, -0.2) is 4.98 Å². The van der Waals surface area contributed by atoms with Gasteiger partial charge in [0, 0.05) is 24.2 Å². The Morgan fingerprint density at radius 1 is 1.33 bits per heavy atom. The zero-order valence-electron chi connectivity index (χ0n) is 10.3. The van der Waals surface area contributed by atoms with Crippen molar-refractivity contribution in [2.75, 3.05) is 0 Å². The first-order valence-corrected chi connectivity index (χ1v) is 6.77. The Hall–Kier alpha value is -1.70. The predicted octanol–water partition coefficient (Wildman–Crippen LogP) is 2.87. The lowest BCUT2D eigenvalue weighted by Gasteiger charge is -2.04. The molecule has 0 atom stereocenters. The molecule has 1 heterocycles. The van der Waals surface area contributed by atoms with Crippen LogP contribution in [0.3, 0.4) is 0 Å². The van der Waals surface area contributed by atoms with Crippen LogP contribution in [0, 0.1) is 11.3 Å². The first-order valence-electron chi connectivity index (χ1n) is 5.95. The summed E-state index contributed by atoms with van der Waals surface area (Å²) < 4.78 is 0. The number of nitrogens with zero attached hydrogens (tertiary/aromatic N) is 2. The minimum atomic E-state index is 0.699. The van der Waals surface area contributed by atoms with Gasteiger partial charge in [0.1, 0.15) is 5.01 Å². The van der Waals surface area contributed by atoms with Gasteiger partial charge >= 0.3 is 0 Å². The third kappa shape index (κ3) is 3.16. The monoisotopic (exact) mass is 257 g/mol. The average Bonchev–Trinajstić information content (AvgIpc) is 2.87. The van der Waals surface area contributed by atoms with Gasteiger partial charge in [-0.1, -0.05) is 25.1 Å². The highest BCUT2D eigenvalue weighted by Crippen LogP contribution is 2.13. The van der Waals surface area contributed by atoms with Gasteiger partial charge in [0.2, 0.25) is 0 Å². The van der Waals surface area contributed by atoms with Crippen molar-refractivity contribution >= 4 is 11.3 Å². The smallest absolute Gasteiger partial charge is 0.107 e. The van der Waals surface area contributed by atoms with E-state index in [9.17, 15) is 0 Å². The lowest BCUT2D eigenvalue weighted by atomic mass is 10.1. The van der Waals surface area contributed by atoms with E-state index in [0.29, 0.717) is 6.54 Å². The molecule has 0 spiro atoms. The van der Waals surface area contributed by atoms with Crippen LogP contribution in [0.2, 0.25) is 0 Å². The molecule has 2 aromatic rings. The molecule has 18 heavy (non-hydrogen) atoms. The highest BCUT2D eigenvalue weighted by molar-refractivity contribution is 7.11. The SMILES string of the molecule is CCc1cnc(CNCc2ccccc2C#N)s1. The maximum atomic E-state index is 8.98. The van der Waals surface area contributed by atoms with E-state index in [1.807, 2.05) is 30.5 Å². The molecule has 1 N–H and O–H groups in total. The fourth-order valence-corrected chi connectivity index (χ4v) is 2.51. The van der Waals surface area contributed by atoms with Crippen LogP contribution in [0.25, 0.3) is 0 Å². The fourth-order valence-electron chi connectivity index (χ4n) is 1.68. The molecule has 0 amide bonds. The summed E-state index contributed by atoms with van der Waals surface area (Å²) in [5.41, 5.74) is 1.77. The highest BCUT2D eigenvalue weighted by atomic mass is 32.1. The number of benzene rings is 1. The minimum absolute atomic E-state index is 0.699. The standard InChI is InChI=1S/C14H15N3S/c1-2-13-9-17-14(18-13)10-16-8-12-6-4-3-5-11(12)7-15/h3-6,9,16H,2,8,10H2,1H3. The van der Waals surface area contributed by atoms with Gasteiger partial charge in [-0.2, -0.15) is 5.26 Å². The quantitative estimate of drug-likeness (QED) is 0.896. The lowest BCUT2D eigenvalue weighted by Crippen LogP contribution is -2.13. The number of aryl methyl sites for hydroxylation is 1. The Labute approximate surface area is 111 Å². The van der Waals surface area contributed by atoms with Crippen molar-refractivity contribution in [2.45, 2.75) is 26.4 Å². The van der Waals surface area contributed by atoms with Crippen LogP contribution in [0.1, 0.15) is 27.9 Å². The zero-order valence-corrected chi connectivity index (χ0v) is 11.1. The highest BCUT2D eigenvalue weighted by Gasteiger charge is 2.02. The molecule has 0 aliphatic rings.